The lowest BCUT2D eigenvalue weighted by molar-refractivity contribution is -0.127. The first-order valence-electron chi connectivity index (χ1n) is 6.24. The Morgan fingerprint density at radius 3 is 2.50 bits per heavy atom. The van der Waals surface area contributed by atoms with Crippen molar-refractivity contribution in [2.75, 3.05) is 32.1 Å². The largest absolute Gasteiger partial charge is 0.362 e. The van der Waals surface area contributed by atoms with E-state index in [0.717, 1.165) is 23.4 Å². The number of aryl methyl sites for hydroxylation is 1. The van der Waals surface area contributed by atoms with E-state index in [9.17, 15) is 4.79 Å². The molecule has 0 aromatic heterocycles. The van der Waals surface area contributed by atoms with Crippen LogP contribution in [0.5, 0.6) is 0 Å². The molecule has 0 aliphatic heterocycles. The van der Waals surface area contributed by atoms with E-state index in [1.165, 1.54) is 0 Å². The van der Waals surface area contributed by atoms with Gasteiger partial charge in [-0.3, -0.25) is 4.79 Å². The summed E-state index contributed by atoms with van der Waals surface area (Å²) in [5.41, 5.74) is 9.12. The molecule has 18 heavy (non-hydrogen) atoms. The average Bonchev–Trinajstić information content (AvgIpc) is 2.35. The van der Waals surface area contributed by atoms with Gasteiger partial charge in [0.05, 0.1) is 6.54 Å². The van der Waals surface area contributed by atoms with Crippen LogP contribution >= 0.6 is 0 Å². The molecule has 0 bridgehead atoms. The number of carbonyl (C=O) groups is 1. The standard InChI is InChI=1S/C14H23N3O/c1-5-17(10-13(18)16(3)4)14-11(2)7-6-8-12(14)9-15/h6-8H,5,9-10,15H2,1-4H3. The van der Waals surface area contributed by atoms with Crippen molar-refractivity contribution in [1.29, 1.82) is 0 Å². The number of hydrogen-bond acceptors (Lipinski definition) is 3. The number of nitrogens with zero attached hydrogens (tertiary/aromatic N) is 2. The van der Waals surface area contributed by atoms with E-state index in [0.29, 0.717) is 13.1 Å². The summed E-state index contributed by atoms with van der Waals surface area (Å²) >= 11 is 0. The monoisotopic (exact) mass is 249 g/mol. The topological polar surface area (TPSA) is 49.6 Å². The maximum absolute atomic E-state index is 11.8. The molecule has 0 atom stereocenters. The molecule has 1 rings (SSSR count). The van der Waals surface area contributed by atoms with Crippen molar-refractivity contribution in [3.8, 4) is 0 Å². The van der Waals surface area contributed by atoms with Crippen LogP contribution in [0.25, 0.3) is 0 Å². The third-order valence-electron chi connectivity index (χ3n) is 3.06. The minimum absolute atomic E-state index is 0.100. The van der Waals surface area contributed by atoms with Crippen molar-refractivity contribution < 1.29 is 4.79 Å². The summed E-state index contributed by atoms with van der Waals surface area (Å²) < 4.78 is 0. The first-order valence-corrected chi connectivity index (χ1v) is 6.24. The Morgan fingerprint density at radius 2 is 2.00 bits per heavy atom. The normalized spacial score (nSPS) is 10.3. The summed E-state index contributed by atoms with van der Waals surface area (Å²) in [6.45, 7) is 5.77. The highest BCUT2D eigenvalue weighted by atomic mass is 16.2. The zero-order valence-electron chi connectivity index (χ0n) is 11.7. The zero-order chi connectivity index (χ0) is 13.7. The van der Waals surface area contributed by atoms with E-state index in [1.807, 2.05) is 12.1 Å². The maximum atomic E-state index is 11.8. The van der Waals surface area contributed by atoms with Crippen LogP contribution in [-0.4, -0.2) is 38.0 Å². The third kappa shape index (κ3) is 3.23. The van der Waals surface area contributed by atoms with Crippen molar-refractivity contribution >= 4 is 11.6 Å². The Bertz CT molecular complexity index is 416. The van der Waals surface area contributed by atoms with Crippen LogP contribution in [-0.2, 0) is 11.3 Å². The molecule has 1 aromatic rings. The fraction of sp³-hybridized carbons (Fsp3) is 0.500. The molecular weight excluding hydrogens is 226 g/mol. The number of anilines is 1. The highest BCUT2D eigenvalue weighted by Gasteiger charge is 2.15. The molecular formula is C14H23N3O. The Morgan fingerprint density at radius 1 is 1.33 bits per heavy atom. The SMILES string of the molecule is CCN(CC(=O)N(C)C)c1c(C)cccc1CN. The molecule has 0 saturated carbocycles. The molecule has 100 valence electrons. The van der Waals surface area contributed by atoms with E-state index >= 15 is 0 Å². The lowest BCUT2D eigenvalue weighted by Gasteiger charge is -2.28. The van der Waals surface area contributed by atoms with Gasteiger partial charge in [0, 0.05) is 32.9 Å². The fourth-order valence-electron chi connectivity index (χ4n) is 1.99. The number of hydrogen-bond donors (Lipinski definition) is 1. The minimum atomic E-state index is 0.100. The van der Waals surface area contributed by atoms with Gasteiger partial charge < -0.3 is 15.5 Å². The first-order chi connectivity index (χ1) is 8.51. The van der Waals surface area contributed by atoms with Crippen LogP contribution in [0.2, 0.25) is 0 Å². The fourth-order valence-corrected chi connectivity index (χ4v) is 1.99. The van der Waals surface area contributed by atoms with Gasteiger partial charge in [-0.1, -0.05) is 18.2 Å². The van der Waals surface area contributed by atoms with Gasteiger partial charge in [0.1, 0.15) is 0 Å². The van der Waals surface area contributed by atoms with Crippen molar-refractivity contribution in [2.24, 2.45) is 5.73 Å². The summed E-state index contributed by atoms with van der Waals surface area (Å²) in [4.78, 5) is 15.5. The third-order valence-corrected chi connectivity index (χ3v) is 3.06. The summed E-state index contributed by atoms with van der Waals surface area (Å²) in [5, 5.41) is 0. The van der Waals surface area contributed by atoms with E-state index in [4.69, 9.17) is 5.73 Å². The Hall–Kier alpha value is -1.55. The Labute approximate surface area is 109 Å². The Balaban J connectivity index is 3.05. The molecule has 0 spiro atoms. The van der Waals surface area contributed by atoms with Gasteiger partial charge in [0.2, 0.25) is 5.91 Å². The van der Waals surface area contributed by atoms with Gasteiger partial charge in [0.25, 0.3) is 0 Å². The molecule has 0 radical (unpaired) electrons. The molecule has 2 N–H and O–H groups in total. The van der Waals surface area contributed by atoms with Crippen molar-refractivity contribution in [1.82, 2.24) is 4.90 Å². The van der Waals surface area contributed by atoms with Gasteiger partial charge in [0.15, 0.2) is 0 Å². The predicted octanol–water partition coefficient (Wildman–Crippen LogP) is 1.37. The summed E-state index contributed by atoms with van der Waals surface area (Å²) in [6.07, 6.45) is 0. The molecule has 0 saturated heterocycles. The van der Waals surface area contributed by atoms with Crippen LogP contribution in [0.1, 0.15) is 18.1 Å². The molecule has 0 unspecified atom stereocenters. The van der Waals surface area contributed by atoms with E-state index in [-0.39, 0.29) is 5.91 Å². The molecule has 1 aromatic carbocycles. The van der Waals surface area contributed by atoms with Gasteiger partial charge >= 0.3 is 0 Å². The smallest absolute Gasteiger partial charge is 0.241 e. The highest BCUT2D eigenvalue weighted by molar-refractivity contribution is 5.81. The van der Waals surface area contributed by atoms with Crippen LogP contribution in [0, 0.1) is 6.92 Å². The van der Waals surface area contributed by atoms with Gasteiger partial charge in [-0.15, -0.1) is 0 Å². The second-order valence-electron chi connectivity index (χ2n) is 4.59. The molecule has 0 heterocycles. The average molecular weight is 249 g/mol. The van der Waals surface area contributed by atoms with Crippen LogP contribution in [0.15, 0.2) is 18.2 Å². The number of rotatable bonds is 5. The molecule has 0 aliphatic carbocycles. The summed E-state index contributed by atoms with van der Waals surface area (Å²) in [6, 6.07) is 6.07. The van der Waals surface area contributed by atoms with E-state index < -0.39 is 0 Å². The number of benzene rings is 1. The predicted molar refractivity (Wildman–Crippen MR) is 75.7 cm³/mol. The van der Waals surface area contributed by atoms with E-state index in [1.54, 1.807) is 19.0 Å². The second kappa shape index (κ2) is 6.40. The molecule has 4 heteroatoms. The molecule has 0 fully saturated rings. The lowest BCUT2D eigenvalue weighted by atomic mass is 10.1. The Kier molecular flexibility index (Phi) is 5.16. The summed E-state index contributed by atoms with van der Waals surface area (Å²) in [5.74, 6) is 0.100. The number of likely N-dealkylation sites (N-methyl/N-ethyl adjacent to an activating group) is 2. The first kappa shape index (κ1) is 14.5. The number of amides is 1. The van der Waals surface area contributed by atoms with Gasteiger partial charge in [-0.25, -0.2) is 0 Å². The van der Waals surface area contributed by atoms with Gasteiger partial charge in [-0.2, -0.15) is 0 Å². The van der Waals surface area contributed by atoms with Crippen molar-refractivity contribution in [3.05, 3.63) is 29.3 Å². The second-order valence-corrected chi connectivity index (χ2v) is 4.59. The minimum Gasteiger partial charge on any atom is -0.362 e. The number of carbonyl (C=O) groups excluding carboxylic acids is 1. The zero-order valence-corrected chi connectivity index (χ0v) is 11.7. The van der Waals surface area contributed by atoms with Crippen LogP contribution < -0.4 is 10.6 Å². The van der Waals surface area contributed by atoms with Gasteiger partial charge in [-0.05, 0) is 25.0 Å². The number of nitrogens with two attached hydrogens (primary N) is 1. The maximum Gasteiger partial charge on any atom is 0.241 e. The summed E-state index contributed by atoms with van der Waals surface area (Å²) in [7, 11) is 3.55. The van der Waals surface area contributed by atoms with Crippen molar-refractivity contribution in [3.63, 3.8) is 0 Å². The van der Waals surface area contributed by atoms with E-state index in [2.05, 4.69) is 24.8 Å². The quantitative estimate of drug-likeness (QED) is 0.857. The molecule has 0 aliphatic rings. The highest BCUT2D eigenvalue weighted by Crippen LogP contribution is 2.24. The number of para-hydroxylation sites is 1. The van der Waals surface area contributed by atoms with Crippen molar-refractivity contribution in [2.45, 2.75) is 20.4 Å². The molecule has 4 nitrogen and oxygen atoms in total. The lowest BCUT2D eigenvalue weighted by Crippen LogP contribution is -2.37. The van der Waals surface area contributed by atoms with Crippen LogP contribution in [0.4, 0.5) is 5.69 Å². The van der Waals surface area contributed by atoms with Crippen LogP contribution in [0.3, 0.4) is 0 Å². The molecule has 1 amide bonds.